The van der Waals surface area contributed by atoms with Crippen molar-refractivity contribution in [3.63, 3.8) is 0 Å². The fraction of sp³-hybridized carbons (Fsp3) is 0.231. The van der Waals surface area contributed by atoms with Gasteiger partial charge in [0, 0.05) is 22.0 Å². The van der Waals surface area contributed by atoms with Gasteiger partial charge in [-0.2, -0.15) is 0 Å². The smallest absolute Gasteiger partial charge is 0.259 e. The van der Waals surface area contributed by atoms with Crippen LogP contribution in [0.15, 0.2) is 40.5 Å². The van der Waals surface area contributed by atoms with Crippen LogP contribution < -0.4 is 11.1 Å². The highest BCUT2D eigenvalue weighted by Crippen LogP contribution is 2.18. The minimum Gasteiger partial charge on any atom is -0.402 e. The molecule has 1 aromatic rings. The monoisotopic (exact) mass is 357 g/mol. The van der Waals surface area contributed by atoms with E-state index in [-0.39, 0.29) is 5.91 Å². The average Bonchev–Trinajstić information content (AvgIpc) is 2.31. The lowest BCUT2D eigenvalue weighted by Crippen LogP contribution is -2.23. The van der Waals surface area contributed by atoms with Crippen LogP contribution >= 0.6 is 22.6 Å². The molecule has 0 radical (unpaired) electrons. The standard InChI is InChI=1S/C13H16IN3O/c1-8(15)12(9(2)16-3)13(18)17-11-7-5-4-6-10(11)14/h4-7H,15H2,1-3H3,(H,17,18). The molecule has 1 aromatic carbocycles. The first kappa shape index (κ1) is 14.7. The van der Waals surface area contributed by atoms with Crippen LogP contribution in [0.4, 0.5) is 5.69 Å². The Balaban J connectivity index is 3.02. The van der Waals surface area contributed by atoms with Crippen molar-refractivity contribution in [3.8, 4) is 0 Å². The van der Waals surface area contributed by atoms with E-state index in [0.717, 1.165) is 9.26 Å². The first-order valence-electron chi connectivity index (χ1n) is 5.43. The van der Waals surface area contributed by atoms with E-state index in [1.807, 2.05) is 24.3 Å². The van der Waals surface area contributed by atoms with Gasteiger partial charge in [-0.15, -0.1) is 0 Å². The van der Waals surface area contributed by atoms with Crippen LogP contribution in [0, 0.1) is 3.57 Å². The number of para-hydroxylation sites is 1. The zero-order valence-electron chi connectivity index (χ0n) is 10.6. The molecule has 0 spiro atoms. The summed E-state index contributed by atoms with van der Waals surface area (Å²) in [6.45, 7) is 3.46. The third kappa shape index (κ3) is 3.56. The maximum absolute atomic E-state index is 12.2. The number of carbonyl (C=O) groups excluding carboxylic acids is 1. The van der Waals surface area contributed by atoms with Gasteiger partial charge in [0.1, 0.15) is 0 Å². The molecule has 0 aliphatic heterocycles. The second kappa shape index (κ2) is 6.53. The number of halogens is 1. The largest absolute Gasteiger partial charge is 0.402 e. The second-order valence-electron chi connectivity index (χ2n) is 3.80. The summed E-state index contributed by atoms with van der Waals surface area (Å²) in [5.41, 5.74) is 8.02. The van der Waals surface area contributed by atoms with Crippen molar-refractivity contribution >= 4 is 39.9 Å². The molecule has 0 aliphatic carbocycles. The van der Waals surface area contributed by atoms with Crippen molar-refractivity contribution in [2.24, 2.45) is 10.7 Å². The normalized spacial score (nSPS) is 13.0. The number of allylic oxidation sites excluding steroid dienone is 1. The number of rotatable bonds is 3. The van der Waals surface area contributed by atoms with Gasteiger partial charge in [-0.1, -0.05) is 12.1 Å². The van der Waals surface area contributed by atoms with E-state index in [9.17, 15) is 4.79 Å². The van der Waals surface area contributed by atoms with E-state index in [1.54, 1.807) is 20.9 Å². The van der Waals surface area contributed by atoms with Gasteiger partial charge in [-0.05, 0) is 48.6 Å². The Morgan fingerprint density at radius 1 is 1.33 bits per heavy atom. The van der Waals surface area contributed by atoms with Crippen LogP contribution in [-0.4, -0.2) is 18.7 Å². The number of nitrogens with zero attached hydrogens (tertiary/aromatic N) is 1. The maximum Gasteiger partial charge on any atom is 0.259 e. The Kier molecular flexibility index (Phi) is 5.33. The van der Waals surface area contributed by atoms with Crippen molar-refractivity contribution in [1.29, 1.82) is 0 Å². The average molecular weight is 357 g/mol. The second-order valence-corrected chi connectivity index (χ2v) is 4.96. The Labute approximate surface area is 121 Å². The highest BCUT2D eigenvalue weighted by atomic mass is 127. The Hall–Kier alpha value is -1.37. The van der Waals surface area contributed by atoms with Crippen molar-refractivity contribution in [2.75, 3.05) is 12.4 Å². The SMILES string of the molecule is CN=C(C)C(C(=O)Nc1ccccc1I)=C(C)N. The summed E-state index contributed by atoms with van der Waals surface area (Å²) in [5.74, 6) is -0.234. The fourth-order valence-corrected chi connectivity index (χ4v) is 2.01. The molecule has 0 unspecified atom stereocenters. The number of nitrogens with one attached hydrogen (secondary N) is 1. The van der Waals surface area contributed by atoms with Gasteiger partial charge < -0.3 is 11.1 Å². The molecule has 0 heterocycles. The molecular formula is C13H16IN3O. The zero-order valence-corrected chi connectivity index (χ0v) is 12.8. The van der Waals surface area contributed by atoms with E-state index in [0.29, 0.717) is 17.0 Å². The van der Waals surface area contributed by atoms with Crippen LogP contribution in [0.2, 0.25) is 0 Å². The molecule has 0 atom stereocenters. The number of nitrogens with two attached hydrogens (primary N) is 1. The number of aliphatic imine (C=N–C) groups is 1. The molecule has 0 bridgehead atoms. The lowest BCUT2D eigenvalue weighted by Gasteiger charge is -2.11. The lowest BCUT2D eigenvalue weighted by atomic mass is 10.1. The minimum absolute atomic E-state index is 0.234. The predicted molar refractivity (Wildman–Crippen MR) is 83.7 cm³/mol. The molecule has 18 heavy (non-hydrogen) atoms. The Bertz CT molecular complexity index is 517. The summed E-state index contributed by atoms with van der Waals surface area (Å²) in [6.07, 6.45) is 0. The van der Waals surface area contributed by atoms with Crippen LogP contribution in [0.5, 0.6) is 0 Å². The summed E-state index contributed by atoms with van der Waals surface area (Å²) in [5, 5.41) is 2.84. The van der Waals surface area contributed by atoms with Gasteiger partial charge in [-0.25, -0.2) is 0 Å². The number of amides is 1. The third-order valence-corrected chi connectivity index (χ3v) is 3.38. The number of anilines is 1. The number of hydrogen-bond donors (Lipinski definition) is 2. The zero-order chi connectivity index (χ0) is 13.7. The van der Waals surface area contributed by atoms with Crippen molar-refractivity contribution in [3.05, 3.63) is 39.1 Å². The molecule has 0 fully saturated rings. The van der Waals surface area contributed by atoms with Crippen molar-refractivity contribution in [2.45, 2.75) is 13.8 Å². The first-order chi connectivity index (χ1) is 8.47. The number of benzene rings is 1. The lowest BCUT2D eigenvalue weighted by molar-refractivity contribution is -0.112. The predicted octanol–water partition coefficient (Wildman–Crippen LogP) is 2.55. The fourth-order valence-electron chi connectivity index (χ4n) is 1.49. The van der Waals surface area contributed by atoms with E-state index >= 15 is 0 Å². The molecule has 96 valence electrons. The van der Waals surface area contributed by atoms with Gasteiger partial charge in [0.05, 0.1) is 11.3 Å². The van der Waals surface area contributed by atoms with Gasteiger partial charge >= 0.3 is 0 Å². The van der Waals surface area contributed by atoms with Crippen LogP contribution in [0.1, 0.15) is 13.8 Å². The van der Waals surface area contributed by atoms with Gasteiger partial charge in [0.25, 0.3) is 5.91 Å². The van der Waals surface area contributed by atoms with Gasteiger partial charge in [-0.3, -0.25) is 9.79 Å². The highest BCUT2D eigenvalue weighted by molar-refractivity contribution is 14.1. The Morgan fingerprint density at radius 2 is 1.94 bits per heavy atom. The summed E-state index contributed by atoms with van der Waals surface area (Å²) >= 11 is 2.17. The van der Waals surface area contributed by atoms with Crippen molar-refractivity contribution < 1.29 is 4.79 Å². The Morgan fingerprint density at radius 3 is 2.44 bits per heavy atom. The van der Waals surface area contributed by atoms with Crippen LogP contribution in [0.3, 0.4) is 0 Å². The quantitative estimate of drug-likeness (QED) is 0.496. The minimum atomic E-state index is -0.234. The van der Waals surface area contributed by atoms with Gasteiger partial charge in [0.2, 0.25) is 0 Å². The molecule has 1 rings (SSSR count). The van der Waals surface area contributed by atoms with Crippen LogP contribution in [-0.2, 0) is 4.79 Å². The summed E-state index contributed by atoms with van der Waals surface area (Å²) in [6, 6.07) is 7.57. The molecular weight excluding hydrogens is 341 g/mol. The van der Waals surface area contributed by atoms with E-state index in [4.69, 9.17) is 5.73 Å². The molecule has 0 aliphatic rings. The summed E-state index contributed by atoms with van der Waals surface area (Å²) in [4.78, 5) is 16.2. The maximum atomic E-state index is 12.2. The van der Waals surface area contributed by atoms with Crippen molar-refractivity contribution in [1.82, 2.24) is 0 Å². The molecule has 1 amide bonds. The third-order valence-electron chi connectivity index (χ3n) is 2.44. The van der Waals surface area contributed by atoms with E-state index < -0.39 is 0 Å². The number of hydrogen-bond acceptors (Lipinski definition) is 3. The highest BCUT2D eigenvalue weighted by Gasteiger charge is 2.15. The molecule has 4 nitrogen and oxygen atoms in total. The molecule has 0 saturated carbocycles. The topological polar surface area (TPSA) is 67.5 Å². The molecule has 0 saturated heterocycles. The van der Waals surface area contributed by atoms with E-state index in [1.165, 1.54) is 0 Å². The summed E-state index contributed by atoms with van der Waals surface area (Å²) < 4.78 is 0.976. The molecule has 5 heteroatoms. The first-order valence-corrected chi connectivity index (χ1v) is 6.51. The van der Waals surface area contributed by atoms with E-state index in [2.05, 4.69) is 32.9 Å². The molecule has 3 N–H and O–H groups in total. The number of carbonyl (C=O) groups is 1. The summed E-state index contributed by atoms with van der Waals surface area (Å²) in [7, 11) is 1.64. The van der Waals surface area contributed by atoms with Gasteiger partial charge in [0.15, 0.2) is 0 Å². The van der Waals surface area contributed by atoms with Crippen LogP contribution in [0.25, 0.3) is 0 Å². The molecule has 0 aromatic heterocycles.